The third-order valence-electron chi connectivity index (χ3n) is 3.79. The topological polar surface area (TPSA) is 81.9 Å². The molecule has 4 rings (SSSR count). The van der Waals surface area contributed by atoms with Crippen molar-refractivity contribution in [2.75, 3.05) is 11.9 Å². The second-order valence-electron chi connectivity index (χ2n) is 5.51. The Bertz CT molecular complexity index is 1020. The summed E-state index contributed by atoms with van der Waals surface area (Å²) in [5.74, 6) is -0.405. The number of carbonyl (C=O) groups is 1. The molecule has 7 nitrogen and oxygen atoms in total. The molecule has 3 aromatic rings. The lowest BCUT2D eigenvalue weighted by Crippen LogP contribution is -2.21. The second kappa shape index (κ2) is 6.57. The number of amides is 1. The molecule has 26 heavy (non-hydrogen) atoms. The average molecular weight is 372 g/mol. The van der Waals surface area contributed by atoms with E-state index in [-0.39, 0.29) is 12.3 Å². The number of nitrogens with zero attached hydrogens (tertiary/aromatic N) is 4. The molecule has 1 N–H and O–H groups in total. The Morgan fingerprint density at radius 2 is 2.15 bits per heavy atom. The van der Waals surface area contributed by atoms with Gasteiger partial charge in [-0.3, -0.25) is 4.79 Å². The molecule has 2 aromatic carbocycles. The highest BCUT2D eigenvalue weighted by molar-refractivity contribution is 6.30. The Morgan fingerprint density at radius 3 is 2.96 bits per heavy atom. The highest BCUT2D eigenvalue weighted by Crippen LogP contribution is 2.29. The van der Waals surface area contributed by atoms with Gasteiger partial charge in [0.05, 0.1) is 16.9 Å². The number of carbonyl (C=O) groups excluding carboxylic acids is 1. The zero-order valence-electron chi connectivity index (χ0n) is 13.2. The van der Waals surface area contributed by atoms with E-state index < -0.39 is 11.7 Å². The van der Waals surface area contributed by atoms with Crippen LogP contribution in [0.3, 0.4) is 0 Å². The highest BCUT2D eigenvalue weighted by atomic mass is 35.5. The largest absolute Gasteiger partial charge is 0.488 e. The third kappa shape index (κ3) is 3.14. The molecule has 1 aliphatic heterocycles. The SMILES string of the molecule is O=C(Nc1cc(-n2cnnn2)ccc1F)C1=Cc2cc(Cl)ccc2OC1. The van der Waals surface area contributed by atoms with Crippen molar-refractivity contribution < 1.29 is 13.9 Å². The molecule has 0 atom stereocenters. The third-order valence-corrected chi connectivity index (χ3v) is 4.02. The molecule has 0 spiro atoms. The summed E-state index contributed by atoms with van der Waals surface area (Å²) in [6.07, 6.45) is 3.04. The van der Waals surface area contributed by atoms with E-state index in [2.05, 4.69) is 20.8 Å². The standard InChI is InChI=1S/C17H11ClFN5O2/c18-12-1-4-16-10(6-12)5-11(8-26-16)17(25)21-15-7-13(2-3-14(15)19)24-9-20-22-23-24/h1-7,9H,8H2,(H,21,25). The van der Waals surface area contributed by atoms with E-state index in [4.69, 9.17) is 16.3 Å². The monoisotopic (exact) mass is 371 g/mol. The molecule has 0 unspecified atom stereocenters. The van der Waals surface area contributed by atoms with Crippen molar-refractivity contribution in [3.05, 3.63) is 64.7 Å². The lowest BCUT2D eigenvalue weighted by Gasteiger charge is -2.18. The van der Waals surface area contributed by atoms with Gasteiger partial charge in [0.1, 0.15) is 24.5 Å². The molecule has 130 valence electrons. The molecular formula is C17H11ClFN5O2. The lowest BCUT2D eigenvalue weighted by atomic mass is 10.1. The van der Waals surface area contributed by atoms with Gasteiger partial charge in [0.25, 0.3) is 5.91 Å². The van der Waals surface area contributed by atoms with Gasteiger partial charge in [0.2, 0.25) is 0 Å². The van der Waals surface area contributed by atoms with Gasteiger partial charge in [-0.25, -0.2) is 9.07 Å². The maximum absolute atomic E-state index is 14.1. The fraction of sp³-hybridized carbons (Fsp3) is 0.0588. The van der Waals surface area contributed by atoms with E-state index >= 15 is 0 Å². The molecule has 0 saturated heterocycles. The average Bonchev–Trinajstić information content (AvgIpc) is 3.17. The number of nitrogens with one attached hydrogen (secondary N) is 1. The summed E-state index contributed by atoms with van der Waals surface area (Å²) in [5.41, 5.74) is 1.57. The smallest absolute Gasteiger partial charge is 0.255 e. The first-order chi connectivity index (χ1) is 12.6. The molecule has 2 heterocycles. The molecule has 0 fully saturated rings. The van der Waals surface area contributed by atoms with Crippen LogP contribution in [0.5, 0.6) is 5.75 Å². The molecule has 1 amide bonds. The van der Waals surface area contributed by atoms with E-state index in [1.165, 1.54) is 29.2 Å². The van der Waals surface area contributed by atoms with Crippen molar-refractivity contribution >= 4 is 29.3 Å². The summed E-state index contributed by atoms with van der Waals surface area (Å²) in [7, 11) is 0. The van der Waals surface area contributed by atoms with Gasteiger partial charge in [-0.2, -0.15) is 0 Å². The number of tetrazole rings is 1. The van der Waals surface area contributed by atoms with Crippen LogP contribution in [0.15, 0.2) is 48.3 Å². The Hall–Kier alpha value is -3.26. The van der Waals surface area contributed by atoms with Gasteiger partial charge in [-0.15, -0.1) is 5.10 Å². The van der Waals surface area contributed by atoms with Crippen LogP contribution < -0.4 is 10.1 Å². The van der Waals surface area contributed by atoms with Crippen LogP contribution in [0.1, 0.15) is 5.56 Å². The fourth-order valence-corrected chi connectivity index (χ4v) is 2.69. The zero-order chi connectivity index (χ0) is 18.1. The molecule has 1 aliphatic rings. The van der Waals surface area contributed by atoms with Gasteiger partial charge in [0.15, 0.2) is 0 Å². The van der Waals surface area contributed by atoms with E-state index in [1.807, 2.05) is 0 Å². The van der Waals surface area contributed by atoms with Gasteiger partial charge >= 0.3 is 0 Å². The number of aromatic nitrogens is 4. The van der Waals surface area contributed by atoms with Crippen molar-refractivity contribution in [3.63, 3.8) is 0 Å². The minimum Gasteiger partial charge on any atom is -0.488 e. The van der Waals surface area contributed by atoms with E-state index in [0.29, 0.717) is 27.6 Å². The second-order valence-corrected chi connectivity index (χ2v) is 5.95. The number of rotatable bonds is 3. The van der Waals surface area contributed by atoms with Crippen molar-refractivity contribution in [2.24, 2.45) is 0 Å². The van der Waals surface area contributed by atoms with Crippen LogP contribution in [0, 0.1) is 5.82 Å². The van der Waals surface area contributed by atoms with Crippen LogP contribution in [0.25, 0.3) is 11.8 Å². The summed E-state index contributed by atoms with van der Waals surface area (Å²) in [5, 5.41) is 13.9. The molecular weight excluding hydrogens is 361 g/mol. The minimum absolute atomic E-state index is 0.0146. The van der Waals surface area contributed by atoms with E-state index in [0.717, 1.165) is 0 Å². The number of fused-ring (bicyclic) bond motifs is 1. The molecule has 9 heteroatoms. The Kier molecular flexibility index (Phi) is 4.10. The zero-order valence-corrected chi connectivity index (χ0v) is 13.9. The number of hydrogen-bond donors (Lipinski definition) is 1. The summed E-state index contributed by atoms with van der Waals surface area (Å²) in [6.45, 7) is 0.0781. The molecule has 0 radical (unpaired) electrons. The molecule has 0 bridgehead atoms. The Balaban J connectivity index is 1.60. The number of halogens is 2. The van der Waals surface area contributed by atoms with Crippen molar-refractivity contribution in [3.8, 4) is 11.4 Å². The van der Waals surface area contributed by atoms with Crippen molar-refractivity contribution in [1.82, 2.24) is 20.2 Å². The minimum atomic E-state index is -0.573. The van der Waals surface area contributed by atoms with Crippen LogP contribution in [0.2, 0.25) is 5.02 Å². The predicted octanol–water partition coefficient (Wildman–Crippen LogP) is 2.87. The van der Waals surface area contributed by atoms with E-state index in [1.54, 1.807) is 24.3 Å². The number of ether oxygens (including phenoxy) is 1. The predicted molar refractivity (Wildman–Crippen MR) is 92.7 cm³/mol. The maximum Gasteiger partial charge on any atom is 0.255 e. The number of hydrogen-bond acceptors (Lipinski definition) is 5. The Morgan fingerprint density at radius 1 is 1.27 bits per heavy atom. The van der Waals surface area contributed by atoms with Gasteiger partial charge in [0, 0.05) is 10.6 Å². The first-order valence-corrected chi connectivity index (χ1v) is 7.95. The van der Waals surface area contributed by atoms with Gasteiger partial charge < -0.3 is 10.1 Å². The summed E-state index contributed by atoms with van der Waals surface area (Å²) in [4.78, 5) is 12.5. The normalized spacial score (nSPS) is 12.8. The Labute approximate surface area is 152 Å². The number of anilines is 1. The maximum atomic E-state index is 14.1. The van der Waals surface area contributed by atoms with Gasteiger partial charge in [-0.1, -0.05) is 11.6 Å². The number of benzene rings is 2. The van der Waals surface area contributed by atoms with Gasteiger partial charge in [-0.05, 0) is 52.9 Å². The summed E-state index contributed by atoms with van der Waals surface area (Å²) >= 11 is 5.97. The van der Waals surface area contributed by atoms with Crippen LogP contribution >= 0.6 is 11.6 Å². The lowest BCUT2D eigenvalue weighted by molar-refractivity contribution is -0.113. The first kappa shape index (κ1) is 16.2. The van der Waals surface area contributed by atoms with Crippen LogP contribution in [0.4, 0.5) is 10.1 Å². The quantitative estimate of drug-likeness (QED) is 0.765. The van der Waals surface area contributed by atoms with Crippen molar-refractivity contribution in [2.45, 2.75) is 0 Å². The van der Waals surface area contributed by atoms with E-state index in [9.17, 15) is 9.18 Å². The van der Waals surface area contributed by atoms with Crippen LogP contribution in [-0.4, -0.2) is 32.7 Å². The molecule has 0 aliphatic carbocycles. The highest BCUT2D eigenvalue weighted by Gasteiger charge is 2.19. The fourth-order valence-electron chi connectivity index (χ4n) is 2.51. The summed E-state index contributed by atoms with van der Waals surface area (Å²) < 4.78 is 21.0. The van der Waals surface area contributed by atoms with Crippen molar-refractivity contribution in [1.29, 1.82) is 0 Å². The molecule has 1 aromatic heterocycles. The summed E-state index contributed by atoms with van der Waals surface area (Å²) in [6, 6.07) is 9.31. The molecule has 0 saturated carbocycles. The first-order valence-electron chi connectivity index (χ1n) is 7.57. The van der Waals surface area contributed by atoms with Crippen LogP contribution in [-0.2, 0) is 4.79 Å².